The Hall–Kier alpha value is -1.68. The van der Waals surface area contributed by atoms with Crippen LogP contribution in [0, 0.1) is 13.8 Å². The van der Waals surface area contributed by atoms with Gasteiger partial charge in [-0.2, -0.15) is 0 Å². The molecule has 0 amide bonds. The van der Waals surface area contributed by atoms with Crippen LogP contribution in [0.15, 0.2) is 28.9 Å². The molecule has 4 nitrogen and oxygen atoms in total. The number of pyridine rings is 1. The average Bonchev–Trinajstić information content (AvgIpc) is 2.66. The summed E-state index contributed by atoms with van der Waals surface area (Å²) < 4.78 is 5.48. The zero-order valence-electron chi connectivity index (χ0n) is 10.2. The van der Waals surface area contributed by atoms with E-state index in [0.29, 0.717) is 6.54 Å². The van der Waals surface area contributed by atoms with E-state index in [4.69, 9.17) is 4.42 Å². The second kappa shape index (κ2) is 5.59. The summed E-state index contributed by atoms with van der Waals surface area (Å²) in [7, 11) is 0. The molecule has 0 fully saturated rings. The van der Waals surface area contributed by atoms with E-state index in [1.807, 2.05) is 38.4 Å². The van der Waals surface area contributed by atoms with Crippen molar-refractivity contribution in [2.45, 2.75) is 26.8 Å². The third kappa shape index (κ3) is 3.39. The highest BCUT2D eigenvalue weighted by Gasteiger charge is 2.04. The standard InChI is InChI=1S/C13H17N3O/c1-10-11(2)17-13(16-10)9-15-8-5-12-3-6-14-7-4-12/h3-4,6-7,15H,5,8-9H2,1-2H3. The number of nitrogens with one attached hydrogen (secondary N) is 1. The molecule has 0 radical (unpaired) electrons. The lowest BCUT2D eigenvalue weighted by Crippen LogP contribution is -2.16. The Morgan fingerprint density at radius 1 is 1.24 bits per heavy atom. The zero-order chi connectivity index (χ0) is 12.1. The molecule has 0 saturated heterocycles. The van der Waals surface area contributed by atoms with Gasteiger partial charge in [0.1, 0.15) is 5.76 Å². The minimum Gasteiger partial charge on any atom is -0.444 e. The second-order valence-corrected chi connectivity index (χ2v) is 4.03. The van der Waals surface area contributed by atoms with E-state index in [0.717, 1.165) is 30.3 Å². The molecule has 2 heterocycles. The molecule has 0 aliphatic rings. The molecular weight excluding hydrogens is 214 g/mol. The fraction of sp³-hybridized carbons (Fsp3) is 0.385. The zero-order valence-corrected chi connectivity index (χ0v) is 10.2. The Kier molecular flexibility index (Phi) is 3.88. The van der Waals surface area contributed by atoms with Gasteiger partial charge in [-0.1, -0.05) is 0 Å². The molecule has 0 aliphatic carbocycles. The topological polar surface area (TPSA) is 51.0 Å². The Morgan fingerprint density at radius 3 is 2.65 bits per heavy atom. The fourth-order valence-electron chi connectivity index (χ4n) is 1.59. The molecule has 2 aromatic rings. The number of aromatic nitrogens is 2. The molecule has 0 saturated carbocycles. The van der Waals surface area contributed by atoms with Crippen LogP contribution in [-0.4, -0.2) is 16.5 Å². The second-order valence-electron chi connectivity index (χ2n) is 4.03. The van der Waals surface area contributed by atoms with E-state index in [1.165, 1.54) is 5.56 Å². The number of rotatable bonds is 5. The van der Waals surface area contributed by atoms with Gasteiger partial charge in [0.05, 0.1) is 12.2 Å². The van der Waals surface area contributed by atoms with Gasteiger partial charge in [0.2, 0.25) is 5.89 Å². The van der Waals surface area contributed by atoms with Gasteiger partial charge >= 0.3 is 0 Å². The van der Waals surface area contributed by atoms with Crippen molar-refractivity contribution in [3.63, 3.8) is 0 Å². The number of aryl methyl sites for hydroxylation is 2. The van der Waals surface area contributed by atoms with Gasteiger partial charge in [-0.3, -0.25) is 4.98 Å². The molecule has 90 valence electrons. The van der Waals surface area contributed by atoms with Crippen LogP contribution in [0.3, 0.4) is 0 Å². The molecule has 4 heteroatoms. The number of nitrogens with zero attached hydrogens (tertiary/aromatic N) is 2. The smallest absolute Gasteiger partial charge is 0.208 e. The summed E-state index contributed by atoms with van der Waals surface area (Å²) in [6.45, 7) is 5.48. The van der Waals surface area contributed by atoms with Crippen LogP contribution >= 0.6 is 0 Å². The lowest BCUT2D eigenvalue weighted by Gasteiger charge is -2.01. The molecule has 0 unspecified atom stereocenters. The van der Waals surface area contributed by atoms with Crippen molar-refractivity contribution in [3.05, 3.63) is 47.4 Å². The summed E-state index contributed by atoms with van der Waals surface area (Å²) in [5.41, 5.74) is 2.25. The molecular formula is C13H17N3O. The van der Waals surface area contributed by atoms with E-state index in [2.05, 4.69) is 15.3 Å². The first kappa shape index (κ1) is 11.8. The van der Waals surface area contributed by atoms with Gasteiger partial charge in [-0.25, -0.2) is 4.98 Å². The first-order valence-electron chi connectivity index (χ1n) is 5.78. The first-order valence-corrected chi connectivity index (χ1v) is 5.78. The van der Waals surface area contributed by atoms with Crippen molar-refractivity contribution < 1.29 is 4.42 Å². The van der Waals surface area contributed by atoms with Gasteiger partial charge in [0, 0.05) is 12.4 Å². The van der Waals surface area contributed by atoms with Crippen LogP contribution in [0.2, 0.25) is 0 Å². The van der Waals surface area contributed by atoms with Crippen LogP contribution in [0.1, 0.15) is 22.9 Å². The highest BCUT2D eigenvalue weighted by molar-refractivity contribution is 5.10. The first-order chi connectivity index (χ1) is 8.25. The maximum Gasteiger partial charge on any atom is 0.208 e. The van der Waals surface area contributed by atoms with Gasteiger partial charge in [0.15, 0.2) is 0 Å². The molecule has 0 bridgehead atoms. The lowest BCUT2D eigenvalue weighted by atomic mass is 10.2. The number of oxazole rings is 1. The van der Waals surface area contributed by atoms with E-state index >= 15 is 0 Å². The van der Waals surface area contributed by atoms with Crippen molar-refractivity contribution in [2.24, 2.45) is 0 Å². The lowest BCUT2D eigenvalue weighted by molar-refractivity contribution is 0.450. The van der Waals surface area contributed by atoms with Crippen molar-refractivity contribution in [1.29, 1.82) is 0 Å². The maximum absolute atomic E-state index is 5.48. The van der Waals surface area contributed by atoms with Gasteiger partial charge in [-0.15, -0.1) is 0 Å². The van der Waals surface area contributed by atoms with Crippen LogP contribution in [0.5, 0.6) is 0 Å². The number of hydrogen-bond acceptors (Lipinski definition) is 4. The molecule has 2 aromatic heterocycles. The Morgan fingerprint density at radius 2 is 2.00 bits per heavy atom. The molecule has 2 rings (SSSR count). The van der Waals surface area contributed by atoms with Gasteiger partial charge in [-0.05, 0) is 44.5 Å². The summed E-state index contributed by atoms with van der Waals surface area (Å²) in [6.07, 6.45) is 4.62. The summed E-state index contributed by atoms with van der Waals surface area (Å²) in [6, 6.07) is 4.06. The highest BCUT2D eigenvalue weighted by Crippen LogP contribution is 2.07. The van der Waals surface area contributed by atoms with E-state index in [1.54, 1.807) is 0 Å². The predicted octanol–water partition coefficient (Wildman–Crippen LogP) is 2.02. The average molecular weight is 231 g/mol. The molecule has 0 aliphatic heterocycles. The third-order valence-electron chi connectivity index (χ3n) is 2.69. The minimum atomic E-state index is 0.680. The van der Waals surface area contributed by atoms with E-state index in [9.17, 15) is 0 Å². The van der Waals surface area contributed by atoms with Gasteiger partial charge < -0.3 is 9.73 Å². The fourth-order valence-corrected chi connectivity index (χ4v) is 1.59. The van der Waals surface area contributed by atoms with Crippen molar-refractivity contribution in [1.82, 2.24) is 15.3 Å². The van der Waals surface area contributed by atoms with Crippen LogP contribution in [0.25, 0.3) is 0 Å². The molecule has 0 spiro atoms. The Balaban J connectivity index is 1.73. The summed E-state index contributed by atoms with van der Waals surface area (Å²) in [5, 5.41) is 3.31. The number of hydrogen-bond donors (Lipinski definition) is 1. The Bertz CT molecular complexity index is 445. The Labute approximate surface area is 101 Å². The monoisotopic (exact) mass is 231 g/mol. The van der Waals surface area contributed by atoms with E-state index < -0.39 is 0 Å². The maximum atomic E-state index is 5.48. The minimum absolute atomic E-state index is 0.680. The summed E-state index contributed by atoms with van der Waals surface area (Å²) >= 11 is 0. The summed E-state index contributed by atoms with van der Waals surface area (Å²) in [5.74, 6) is 1.66. The molecule has 17 heavy (non-hydrogen) atoms. The summed E-state index contributed by atoms with van der Waals surface area (Å²) in [4.78, 5) is 8.30. The predicted molar refractivity (Wildman–Crippen MR) is 65.6 cm³/mol. The van der Waals surface area contributed by atoms with Crippen LogP contribution in [0.4, 0.5) is 0 Å². The van der Waals surface area contributed by atoms with Crippen molar-refractivity contribution >= 4 is 0 Å². The normalized spacial score (nSPS) is 10.7. The van der Waals surface area contributed by atoms with Crippen LogP contribution < -0.4 is 5.32 Å². The molecule has 1 N–H and O–H groups in total. The molecule has 0 atom stereocenters. The SMILES string of the molecule is Cc1nc(CNCCc2ccncc2)oc1C. The quantitative estimate of drug-likeness (QED) is 0.800. The van der Waals surface area contributed by atoms with Crippen molar-refractivity contribution in [3.8, 4) is 0 Å². The highest BCUT2D eigenvalue weighted by atomic mass is 16.4. The van der Waals surface area contributed by atoms with Gasteiger partial charge in [0.25, 0.3) is 0 Å². The van der Waals surface area contributed by atoms with Crippen LogP contribution in [-0.2, 0) is 13.0 Å². The molecule has 0 aromatic carbocycles. The van der Waals surface area contributed by atoms with Crippen molar-refractivity contribution in [2.75, 3.05) is 6.54 Å². The largest absolute Gasteiger partial charge is 0.444 e. The van der Waals surface area contributed by atoms with E-state index in [-0.39, 0.29) is 0 Å². The third-order valence-corrected chi connectivity index (χ3v) is 2.69.